The first-order chi connectivity index (χ1) is 11.3. The molecule has 0 atom stereocenters. The zero-order valence-corrected chi connectivity index (χ0v) is 14.1. The fourth-order valence-corrected chi connectivity index (χ4v) is 3.74. The lowest BCUT2D eigenvalue weighted by Gasteiger charge is -2.33. The summed E-state index contributed by atoms with van der Waals surface area (Å²) in [6, 6.07) is 4.81. The molecule has 1 saturated heterocycles. The van der Waals surface area contributed by atoms with Gasteiger partial charge >= 0.3 is 5.97 Å². The van der Waals surface area contributed by atoms with Gasteiger partial charge in [0.25, 0.3) is 5.91 Å². The smallest absolute Gasteiger partial charge is 0.306 e. The lowest BCUT2D eigenvalue weighted by Crippen LogP contribution is -2.51. The van der Waals surface area contributed by atoms with Gasteiger partial charge in [-0.3, -0.25) is 9.59 Å². The quantitative estimate of drug-likeness (QED) is 0.720. The Morgan fingerprint density at radius 2 is 1.88 bits per heavy atom. The third-order valence-electron chi connectivity index (χ3n) is 3.67. The maximum absolute atomic E-state index is 13.2. The first-order valence-electron chi connectivity index (χ1n) is 7.53. The molecule has 0 unspecified atom stereocenters. The molecule has 0 saturated carbocycles. The maximum Gasteiger partial charge on any atom is 0.306 e. The average molecular weight is 358 g/mol. The number of carbonyl (C=O) groups excluding carboxylic acids is 2. The summed E-state index contributed by atoms with van der Waals surface area (Å²) in [6.45, 7) is 1.87. The second kappa shape index (κ2) is 7.71. The topological polar surface area (TPSA) is 84.0 Å². The van der Waals surface area contributed by atoms with Crippen molar-refractivity contribution in [3.05, 3.63) is 30.1 Å². The maximum atomic E-state index is 13.2. The predicted octanol–water partition coefficient (Wildman–Crippen LogP) is 0.612. The molecule has 0 aromatic heterocycles. The van der Waals surface area contributed by atoms with Crippen LogP contribution in [0.15, 0.2) is 29.2 Å². The second-order valence-corrected chi connectivity index (χ2v) is 7.19. The molecule has 7 nitrogen and oxygen atoms in total. The molecule has 1 heterocycles. The molecule has 24 heavy (non-hydrogen) atoms. The molecule has 0 spiro atoms. The zero-order valence-electron chi connectivity index (χ0n) is 13.3. The predicted molar refractivity (Wildman–Crippen MR) is 83.0 cm³/mol. The van der Waals surface area contributed by atoms with Gasteiger partial charge in [0.2, 0.25) is 10.0 Å². The number of halogens is 1. The van der Waals surface area contributed by atoms with Crippen LogP contribution in [0.2, 0.25) is 0 Å². The van der Waals surface area contributed by atoms with Gasteiger partial charge in [-0.15, -0.1) is 0 Å². The van der Waals surface area contributed by atoms with Gasteiger partial charge < -0.3 is 9.64 Å². The Hall–Kier alpha value is -2.00. The van der Waals surface area contributed by atoms with E-state index < -0.39 is 21.8 Å². The number of hydrogen-bond donors (Lipinski definition) is 0. The number of esters is 1. The highest BCUT2D eigenvalue weighted by Crippen LogP contribution is 2.18. The number of nitrogens with zero attached hydrogens (tertiary/aromatic N) is 2. The van der Waals surface area contributed by atoms with Gasteiger partial charge in [-0.05, 0) is 18.2 Å². The fraction of sp³-hybridized carbons (Fsp3) is 0.467. The molecule has 1 fully saturated rings. The molecule has 0 bridgehead atoms. The summed E-state index contributed by atoms with van der Waals surface area (Å²) < 4.78 is 44.1. The van der Waals surface area contributed by atoms with E-state index in [2.05, 4.69) is 0 Å². The van der Waals surface area contributed by atoms with Gasteiger partial charge in [-0.25, -0.2) is 12.8 Å². The van der Waals surface area contributed by atoms with Crippen LogP contribution in [0.1, 0.15) is 13.3 Å². The Morgan fingerprint density at radius 1 is 1.21 bits per heavy atom. The van der Waals surface area contributed by atoms with E-state index in [0.717, 1.165) is 6.07 Å². The van der Waals surface area contributed by atoms with Crippen LogP contribution in [0.3, 0.4) is 0 Å². The van der Waals surface area contributed by atoms with Crippen LogP contribution in [0.5, 0.6) is 0 Å². The van der Waals surface area contributed by atoms with Crippen LogP contribution in [-0.2, 0) is 24.3 Å². The molecule has 132 valence electrons. The molecule has 1 aliphatic heterocycles. The van der Waals surface area contributed by atoms with Crippen LogP contribution in [0.25, 0.3) is 0 Å². The van der Waals surface area contributed by atoms with E-state index in [1.165, 1.54) is 27.4 Å². The van der Waals surface area contributed by atoms with Gasteiger partial charge in [-0.2, -0.15) is 4.31 Å². The van der Waals surface area contributed by atoms with Crippen LogP contribution < -0.4 is 0 Å². The van der Waals surface area contributed by atoms with Crippen LogP contribution >= 0.6 is 0 Å². The summed E-state index contributed by atoms with van der Waals surface area (Å²) in [6.07, 6.45) is 0.187. The lowest BCUT2D eigenvalue weighted by atomic mass is 10.3. The number of carbonyl (C=O) groups is 2. The van der Waals surface area contributed by atoms with Gasteiger partial charge in [-0.1, -0.05) is 13.0 Å². The first kappa shape index (κ1) is 18.3. The summed E-state index contributed by atoms with van der Waals surface area (Å²) in [5.41, 5.74) is 0. The number of amides is 1. The summed E-state index contributed by atoms with van der Waals surface area (Å²) in [7, 11) is -3.79. The molecular formula is C15H19FN2O5S. The normalized spacial score (nSPS) is 16.0. The van der Waals surface area contributed by atoms with Crippen LogP contribution in [-0.4, -0.2) is 62.3 Å². The highest BCUT2D eigenvalue weighted by atomic mass is 32.2. The molecule has 0 aliphatic carbocycles. The Kier molecular flexibility index (Phi) is 5.89. The number of sulfonamides is 1. The standard InChI is InChI=1S/C15H19FN2O5S/c1-2-15(20)23-11-14(19)17-6-8-18(9-7-17)24(21,22)13-5-3-4-12(16)10-13/h3-5,10H,2,6-9,11H2,1H3. The van der Waals surface area contributed by atoms with Gasteiger partial charge in [0.15, 0.2) is 6.61 Å². The van der Waals surface area contributed by atoms with Gasteiger partial charge in [0.05, 0.1) is 4.90 Å². The van der Waals surface area contributed by atoms with E-state index in [0.29, 0.717) is 0 Å². The van der Waals surface area contributed by atoms with Crippen molar-refractivity contribution in [2.75, 3.05) is 32.8 Å². The Bertz CT molecular complexity index is 714. The molecule has 0 radical (unpaired) electrons. The average Bonchev–Trinajstić information content (AvgIpc) is 2.59. The highest BCUT2D eigenvalue weighted by Gasteiger charge is 2.30. The molecule has 1 aromatic rings. The van der Waals surface area contributed by atoms with Crippen molar-refractivity contribution in [3.63, 3.8) is 0 Å². The molecule has 0 N–H and O–H groups in total. The van der Waals surface area contributed by atoms with Crippen molar-refractivity contribution in [1.82, 2.24) is 9.21 Å². The number of piperazine rings is 1. The molecule has 1 aliphatic rings. The third kappa shape index (κ3) is 4.30. The largest absolute Gasteiger partial charge is 0.456 e. The van der Waals surface area contributed by atoms with Gasteiger partial charge in [0, 0.05) is 32.6 Å². The molecule has 2 rings (SSSR count). The lowest BCUT2D eigenvalue weighted by molar-refractivity contribution is -0.152. The van der Waals surface area contributed by atoms with Crippen molar-refractivity contribution in [2.45, 2.75) is 18.2 Å². The summed E-state index contributed by atoms with van der Waals surface area (Å²) in [4.78, 5) is 24.3. The zero-order chi connectivity index (χ0) is 17.7. The SMILES string of the molecule is CCC(=O)OCC(=O)N1CCN(S(=O)(=O)c2cccc(F)c2)CC1. The molecule has 1 amide bonds. The summed E-state index contributed by atoms with van der Waals surface area (Å²) >= 11 is 0. The number of hydrogen-bond acceptors (Lipinski definition) is 5. The highest BCUT2D eigenvalue weighted by molar-refractivity contribution is 7.89. The Morgan fingerprint density at radius 3 is 2.46 bits per heavy atom. The van der Waals surface area contributed by atoms with E-state index in [9.17, 15) is 22.4 Å². The first-order valence-corrected chi connectivity index (χ1v) is 8.97. The number of rotatable bonds is 5. The van der Waals surface area contributed by atoms with E-state index in [4.69, 9.17) is 4.74 Å². The molecular weight excluding hydrogens is 339 g/mol. The molecule has 1 aromatic carbocycles. The van der Waals surface area contributed by atoms with Crippen LogP contribution in [0, 0.1) is 5.82 Å². The van der Waals surface area contributed by atoms with Crippen molar-refractivity contribution in [3.8, 4) is 0 Å². The fourth-order valence-electron chi connectivity index (χ4n) is 2.29. The number of benzene rings is 1. The van der Waals surface area contributed by atoms with Crippen LogP contribution in [0.4, 0.5) is 4.39 Å². The summed E-state index contributed by atoms with van der Waals surface area (Å²) in [5, 5.41) is 0. The van der Waals surface area contributed by atoms with E-state index in [1.807, 2.05) is 0 Å². The van der Waals surface area contributed by atoms with Crippen molar-refractivity contribution >= 4 is 21.9 Å². The Labute approximate surface area is 140 Å². The molecule has 9 heteroatoms. The third-order valence-corrected chi connectivity index (χ3v) is 5.57. The van der Waals surface area contributed by atoms with Crippen molar-refractivity contribution < 1.29 is 27.1 Å². The second-order valence-electron chi connectivity index (χ2n) is 5.26. The summed E-state index contributed by atoms with van der Waals surface area (Å²) in [5.74, 6) is -1.45. The van der Waals surface area contributed by atoms with Crippen molar-refractivity contribution in [1.29, 1.82) is 0 Å². The minimum absolute atomic E-state index is 0.103. The Balaban J connectivity index is 1.94. The minimum atomic E-state index is -3.79. The van der Waals surface area contributed by atoms with E-state index in [-0.39, 0.29) is 50.0 Å². The number of ether oxygens (including phenoxy) is 1. The van der Waals surface area contributed by atoms with E-state index >= 15 is 0 Å². The van der Waals surface area contributed by atoms with E-state index in [1.54, 1.807) is 6.92 Å². The van der Waals surface area contributed by atoms with Crippen molar-refractivity contribution in [2.24, 2.45) is 0 Å². The van der Waals surface area contributed by atoms with Gasteiger partial charge in [0.1, 0.15) is 5.82 Å². The minimum Gasteiger partial charge on any atom is -0.456 e. The monoisotopic (exact) mass is 358 g/mol.